The molecule has 8 nitrogen and oxygen atoms in total. The molecule has 2 aromatic carbocycles. The van der Waals surface area contributed by atoms with Crippen LogP contribution in [-0.4, -0.2) is 30.7 Å². The van der Waals surface area contributed by atoms with Gasteiger partial charge in [0.1, 0.15) is 6.54 Å². The first kappa shape index (κ1) is 20.9. The SMILES string of the molecule is O=C(/C=C/c1cc2c(cc1[N+](=O)[O-])OCO2)NCc1ccc(C[NH+]2CCCCC2)cc1. The molecular weight excluding hydrogens is 398 g/mol. The van der Waals surface area contributed by atoms with Gasteiger partial charge < -0.3 is 19.7 Å². The summed E-state index contributed by atoms with van der Waals surface area (Å²) in [5, 5.41) is 14.1. The van der Waals surface area contributed by atoms with Crippen LogP contribution in [0, 0.1) is 10.1 Å². The summed E-state index contributed by atoms with van der Waals surface area (Å²) < 4.78 is 10.4. The van der Waals surface area contributed by atoms with Gasteiger partial charge >= 0.3 is 0 Å². The molecule has 0 spiro atoms. The molecule has 2 aliphatic rings. The minimum absolute atomic E-state index is 0.0261. The number of hydrogen-bond acceptors (Lipinski definition) is 5. The Balaban J connectivity index is 1.32. The van der Waals surface area contributed by atoms with E-state index < -0.39 is 4.92 Å². The Morgan fingerprint density at radius 2 is 1.74 bits per heavy atom. The molecule has 0 unspecified atom stereocenters. The molecule has 1 saturated heterocycles. The van der Waals surface area contributed by atoms with Crippen molar-refractivity contribution in [3.63, 3.8) is 0 Å². The summed E-state index contributed by atoms with van der Waals surface area (Å²) in [4.78, 5) is 24.6. The van der Waals surface area contributed by atoms with Crippen LogP contribution in [0.3, 0.4) is 0 Å². The van der Waals surface area contributed by atoms with E-state index in [9.17, 15) is 14.9 Å². The first-order valence-electron chi connectivity index (χ1n) is 10.5. The van der Waals surface area contributed by atoms with Crippen molar-refractivity contribution < 1.29 is 24.1 Å². The van der Waals surface area contributed by atoms with Crippen LogP contribution in [0.5, 0.6) is 11.5 Å². The highest BCUT2D eigenvalue weighted by Crippen LogP contribution is 2.38. The van der Waals surface area contributed by atoms with Crippen LogP contribution in [0.4, 0.5) is 5.69 Å². The maximum Gasteiger partial charge on any atom is 0.280 e. The molecular formula is C23H26N3O5+. The van der Waals surface area contributed by atoms with Gasteiger partial charge in [0, 0.05) is 18.2 Å². The maximum absolute atomic E-state index is 12.2. The predicted molar refractivity (Wildman–Crippen MR) is 115 cm³/mol. The van der Waals surface area contributed by atoms with Crippen molar-refractivity contribution in [1.29, 1.82) is 0 Å². The first-order chi connectivity index (χ1) is 15.1. The number of amides is 1. The van der Waals surface area contributed by atoms with Crippen LogP contribution in [0.1, 0.15) is 36.0 Å². The van der Waals surface area contributed by atoms with E-state index in [1.54, 1.807) is 4.90 Å². The monoisotopic (exact) mass is 424 g/mol. The maximum atomic E-state index is 12.2. The second-order valence-electron chi connectivity index (χ2n) is 7.88. The molecule has 2 aromatic rings. The van der Waals surface area contributed by atoms with Crippen molar-refractivity contribution >= 4 is 17.7 Å². The summed E-state index contributed by atoms with van der Waals surface area (Å²) in [6.07, 6.45) is 6.67. The van der Waals surface area contributed by atoms with Gasteiger partial charge in [-0.3, -0.25) is 14.9 Å². The minimum Gasteiger partial charge on any atom is -0.454 e. The molecule has 31 heavy (non-hydrogen) atoms. The lowest BCUT2D eigenvalue weighted by molar-refractivity contribution is -0.918. The predicted octanol–water partition coefficient (Wildman–Crippen LogP) is 2.22. The number of ether oxygens (including phenoxy) is 2. The number of piperidine rings is 1. The van der Waals surface area contributed by atoms with E-state index in [-0.39, 0.29) is 24.0 Å². The Kier molecular flexibility index (Phi) is 6.47. The Hall–Kier alpha value is -3.39. The molecule has 8 heteroatoms. The fourth-order valence-corrected chi connectivity index (χ4v) is 3.94. The third kappa shape index (κ3) is 5.40. The third-order valence-corrected chi connectivity index (χ3v) is 5.64. The number of carbonyl (C=O) groups is 1. The lowest BCUT2D eigenvalue weighted by atomic mass is 10.1. The molecule has 1 amide bonds. The summed E-state index contributed by atoms with van der Waals surface area (Å²) in [5.41, 5.74) is 2.46. The van der Waals surface area contributed by atoms with Gasteiger partial charge in [0.25, 0.3) is 5.69 Å². The number of rotatable bonds is 7. The minimum atomic E-state index is -0.507. The molecule has 2 N–H and O–H groups in total. The molecule has 4 rings (SSSR count). The zero-order chi connectivity index (χ0) is 21.6. The molecule has 0 bridgehead atoms. The number of nitro groups is 1. The van der Waals surface area contributed by atoms with Crippen LogP contribution >= 0.6 is 0 Å². The quantitative estimate of drug-likeness (QED) is 0.404. The third-order valence-electron chi connectivity index (χ3n) is 5.64. The zero-order valence-corrected chi connectivity index (χ0v) is 17.3. The molecule has 2 aliphatic heterocycles. The normalized spacial score (nSPS) is 15.9. The number of carbonyl (C=O) groups excluding carboxylic acids is 1. The zero-order valence-electron chi connectivity index (χ0n) is 17.3. The second-order valence-corrected chi connectivity index (χ2v) is 7.88. The Bertz CT molecular complexity index is 981. The van der Waals surface area contributed by atoms with E-state index in [1.165, 1.54) is 62.2 Å². The number of nitro benzene ring substituents is 1. The van der Waals surface area contributed by atoms with Gasteiger partial charge in [-0.1, -0.05) is 24.3 Å². The lowest BCUT2D eigenvalue weighted by Crippen LogP contribution is -3.11. The Morgan fingerprint density at radius 1 is 1.06 bits per heavy atom. The average Bonchev–Trinajstić information content (AvgIpc) is 3.24. The smallest absolute Gasteiger partial charge is 0.280 e. The fraction of sp³-hybridized carbons (Fsp3) is 0.348. The summed E-state index contributed by atoms with van der Waals surface area (Å²) in [7, 11) is 0. The van der Waals surface area contributed by atoms with E-state index in [1.807, 2.05) is 12.1 Å². The van der Waals surface area contributed by atoms with Crippen molar-refractivity contribution in [1.82, 2.24) is 5.32 Å². The van der Waals surface area contributed by atoms with Crippen molar-refractivity contribution in [2.45, 2.75) is 32.4 Å². The molecule has 0 radical (unpaired) electrons. The van der Waals surface area contributed by atoms with E-state index in [0.717, 1.165) is 12.1 Å². The lowest BCUT2D eigenvalue weighted by Gasteiger charge is -2.23. The summed E-state index contributed by atoms with van der Waals surface area (Å²) in [6, 6.07) is 11.1. The van der Waals surface area contributed by atoms with Crippen LogP contribution in [-0.2, 0) is 17.9 Å². The molecule has 0 aliphatic carbocycles. The van der Waals surface area contributed by atoms with Gasteiger partial charge in [-0.25, -0.2) is 0 Å². The average molecular weight is 424 g/mol. The topological polar surface area (TPSA) is 95.1 Å². The highest BCUT2D eigenvalue weighted by atomic mass is 16.7. The fourth-order valence-electron chi connectivity index (χ4n) is 3.94. The number of fused-ring (bicyclic) bond motifs is 1. The van der Waals surface area contributed by atoms with Gasteiger partial charge in [0.05, 0.1) is 29.6 Å². The van der Waals surface area contributed by atoms with E-state index in [2.05, 4.69) is 17.4 Å². The van der Waals surface area contributed by atoms with Crippen molar-refractivity contribution in [2.24, 2.45) is 0 Å². The molecule has 0 atom stereocenters. The van der Waals surface area contributed by atoms with E-state index in [4.69, 9.17) is 9.47 Å². The summed E-state index contributed by atoms with van der Waals surface area (Å²) in [6.45, 7) is 3.95. The number of quaternary nitrogens is 1. The van der Waals surface area contributed by atoms with Gasteiger partial charge in [-0.05, 0) is 37.0 Å². The van der Waals surface area contributed by atoms with Crippen LogP contribution in [0.25, 0.3) is 6.08 Å². The number of nitrogens with one attached hydrogen (secondary N) is 2. The van der Waals surface area contributed by atoms with Crippen molar-refractivity contribution in [3.8, 4) is 11.5 Å². The van der Waals surface area contributed by atoms with E-state index >= 15 is 0 Å². The van der Waals surface area contributed by atoms with E-state index in [0.29, 0.717) is 18.0 Å². The van der Waals surface area contributed by atoms with Crippen molar-refractivity contribution in [2.75, 3.05) is 19.9 Å². The summed E-state index contributed by atoms with van der Waals surface area (Å²) >= 11 is 0. The van der Waals surface area contributed by atoms with Crippen LogP contribution in [0.15, 0.2) is 42.5 Å². The Morgan fingerprint density at radius 3 is 2.45 bits per heavy atom. The van der Waals surface area contributed by atoms with Gasteiger partial charge in [0.2, 0.25) is 12.7 Å². The highest BCUT2D eigenvalue weighted by Gasteiger charge is 2.22. The molecule has 2 heterocycles. The van der Waals surface area contributed by atoms with Crippen LogP contribution in [0.2, 0.25) is 0 Å². The standard InChI is InChI=1S/C23H25N3O5/c27-23(9-8-19-12-21-22(31-16-30-21)13-20(19)26(28)29)24-14-17-4-6-18(7-5-17)15-25-10-2-1-3-11-25/h4-9,12-13H,1-3,10-11,14-16H2,(H,24,27)/p+1/b9-8+. The van der Waals surface area contributed by atoms with Crippen molar-refractivity contribution in [3.05, 3.63) is 69.3 Å². The number of likely N-dealkylation sites (tertiary alicyclic amines) is 1. The molecule has 0 saturated carbocycles. The van der Waals surface area contributed by atoms with Gasteiger partial charge in [-0.15, -0.1) is 0 Å². The number of nitrogens with zero attached hydrogens (tertiary/aromatic N) is 1. The van der Waals surface area contributed by atoms with Gasteiger partial charge in [0.15, 0.2) is 11.5 Å². The Labute approximate surface area is 180 Å². The first-order valence-corrected chi connectivity index (χ1v) is 10.5. The molecule has 162 valence electrons. The molecule has 1 fully saturated rings. The van der Waals surface area contributed by atoms with Gasteiger partial charge in [-0.2, -0.15) is 0 Å². The number of hydrogen-bond donors (Lipinski definition) is 2. The number of benzene rings is 2. The van der Waals surface area contributed by atoms with Crippen LogP contribution < -0.4 is 19.7 Å². The highest BCUT2D eigenvalue weighted by molar-refractivity contribution is 5.92. The second kappa shape index (κ2) is 9.61. The summed E-state index contributed by atoms with van der Waals surface area (Å²) in [5.74, 6) is 0.435. The molecule has 0 aromatic heterocycles. The largest absolute Gasteiger partial charge is 0.454 e.